The van der Waals surface area contributed by atoms with Crippen LogP contribution in [0.5, 0.6) is 0 Å². The summed E-state index contributed by atoms with van der Waals surface area (Å²) in [5, 5.41) is 12.5. The molecule has 1 heterocycles. The van der Waals surface area contributed by atoms with E-state index in [9.17, 15) is 9.18 Å². The number of anilines is 1. The van der Waals surface area contributed by atoms with E-state index in [1.54, 1.807) is 24.3 Å². The molecule has 1 aliphatic carbocycles. The van der Waals surface area contributed by atoms with Gasteiger partial charge in [0.05, 0.1) is 11.6 Å². The molecule has 4 heteroatoms. The van der Waals surface area contributed by atoms with Crippen molar-refractivity contribution in [3.8, 4) is 0 Å². The molecule has 1 aliphatic heterocycles. The summed E-state index contributed by atoms with van der Waals surface area (Å²) in [6.07, 6.45) is 5.23. The molecule has 4 rings (SSSR count). The Labute approximate surface area is 133 Å². The minimum Gasteiger partial charge on any atom is -0.478 e. The fourth-order valence-electron chi connectivity index (χ4n) is 3.73. The first kappa shape index (κ1) is 14.0. The first-order chi connectivity index (χ1) is 11.1. The number of rotatable bonds is 2. The van der Waals surface area contributed by atoms with Gasteiger partial charge in [-0.2, -0.15) is 0 Å². The van der Waals surface area contributed by atoms with Crippen molar-refractivity contribution in [3.05, 3.63) is 77.1 Å². The van der Waals surface area contributed by atoms with Gasteiger partial charge in [-0.25, -0.2) is 9.18 Å². The normalized spacial score (nSPS) is 24.7. The smallest absolute Gasteiger partial charge is 0.335 e. The number of aromatic carboxylic acids is 1. The molecule has 0 aromatic heterocycles. The second kappa shape index (κ2) is 5.23. The standard InChI is InChI=1S/C19H16FNO2/c20-13-8-9-17-16(10-13)14-2-1-3-15(14)18(21-17)11-4-6-12(7-5-11)19(22)23/h1-2,4-10,14-15,18,21H,3H2,(H,22,23)/t14-,15+,18-/m0/s1. The zero-order valence-electron chi connectivity index (χ0n) is 12.4. The van der Waals surface area contributed by atoms with E-state index < -0.39 is 5.97 Å². The summed E-state index contributed by atoms with van der Waals surface area (Å²) < 4.78 is 13.6. The zero-order chi connectivity index (χ0) is 16.0. The number of carboxylic acids is 1. The number of benzene rings is 2. The van der Waals surface area contributed by atoms with Crippen molar-refractivity contribution in [3.63, 3.8) is 0 Å². The maximum atomic E-state index is 13.6. The van der Waals surface area contributed by atoms with Crippen LogP contribution in [0.2, 0.25) is 0 Å². The number of carboxylic acid groups (broad SMARTS) is 1. The molecule has 116 valence electrons. The summed E-state index contributed by atoms with van der Waals surface area (Å²) in [4.78, 5) is 11.0. The summed E-state index contributed by atoms with van der Waals surface area (Å²) >= 11 is 0. The van der Waals surface area contributed by atoms with Crippen molar-refractivity contribution < 1.29 is 14.3 Å². The first-order valence-electron chi connectivity index (χ1n) is 7.69. The molecule has 0 fully saturated rings. The number of hydrogen-bond donors (Lipinski definition) is 2. The van der Waals surface area contributed by atoms with Crippen LogP contribution >= 0.6 is 0 Å². The van der Waals surface area contributed by atoms with Crippen LogP contribution < -0.4 is 5.32 Å². The van der Waals surface area contributed by atoms with Crippen LogP contribution in [-0.2, 0) is 0 Å². The molecule has 0 unspecified atom stereocenters. The molecular weight excluding hydrogens is 293 g/mol. The molecule has 2 aliphatic rings. The van der Waals surface area contributed by atoms with E-state index in [2.05, 4.69) is 17.5 Å². The quantitative estimate of drug-likeness (QED) is 0.811. The first-order valence-corrected chi connectivity index (χ1v) is 7.69. The number of halogens is 1. The Kier molecular flexibility index (Phi) is 3.18. The molecule has 3 atom stereocenters. The van der Waals surface area contributed by atoms with Crippen molar-refractivity contribution in [2.45, 2.75) is 18.4 Å². The Morgan fingerprint density at radius 2 is 1.96 bits per heavy atom. The molecular formula is C19H16FNO2. The van der Waals surface area contributed by atoms with Crippen LogP contribution in [0.3, 0.4) is 0 Å². The van der Waals surface area contributed by atoms with Crippen molar-refractivity contribution in [1.82, 2.24) is 0 Å². The minimum absolute atomic E-state index is 0.0933. The summed E-state index contributed by atoms with van der Waals surface area (Å²) in [6, 6.07) is 12.0. The van der Waals surface area contributed by atoms with Gasteiger partial charge in [-0.05, 0) is 53.8 Å². The molecule has 2 aromatic carbocycles. The zero-order valence-corrected chi connectivity index (χ0v) is 12.4. The lowest BCUT2D eigenvalue weighted by atomic mass is 9.77. The lowest BCUT2D eigenvalue weighted by Gasteiger charge is -2.37. The molecule has 2 aromatic rings. The van der Waals surface area contributed by atoms with Gasteiger partial charge < -0.3 is 10.4 Å². The maximum absolute atomic E-state index is 13.6. The average Bonchev–Trinajstić information content (AvgIpc) is 3.04. The molecule has 0 saturated heterocycles. The fourth-order valence-corrected chi connectivity index (χ4v) is 3.73. The van der Waals surface area contributed by atoms with E-state index in [4.69, 9.17) is 5.11 Å². The maximum Gasteiger partial charge on any atom is 0.335 e. The van der Waals surface area contributed by atoms with Crippen molar-refractivity contribution in [1.29, 1.82) is 0 Å². The molecule has 23 heavy (non-hydrogen) atoms. The van der Waals surface area contributed by atoms with Crippen molar-refractivity contribution >= 4 is 11.7 Å². The highest BCUT2D eigenvalue weighted by Gasteiger charge is 2.37. The van der Waals surface area contributed by atoms with Gasteiger partial charge in [-0.15, -0.1) is 0 Å². The van der Waals surface area contributed by atoms with Crippen LogP contribution in [-0.4, -0.2) is 11.1 Å². The summed E-state index contributed by atoms with van der Waals surface area (Å²) in [5.41, 5.74) is 3.30. The highest BCUT2D eigenvalue weighted by molar-refractivity contribution is 5.87. The molecule has 0 saturated carbocycles. The van der Waals surface area contributed by atoms with Crippen molar-refractivity contribution in [2.24, 2.45) is 5.92 Å². The van der Waals surface area contributed by atoms with E-state index in [0.29, 0.717) is 5.92 Å². The Morgan fingerprint density at radius 1 is 1.17 bits per heavy atom. The van der Waals surface area contributed by atoms with Gasteiger partial charge in [-0.3, -0.25) is 0 Å². The largest absolute Gasteiger partial charge is 0.478 e. The number of fused-ring (bicyclic) bond motifs is 3. The number of hydrogen-bond acceptors (Lipinski definition) is 2. The molecule has 0 radical (unpaired) electrons. The van der Waals surface area contributed by atoms with Gasteiger partial charge in [0.1, 0.15) is 5.82 Å². The van der Waals surface area contributed by atoms with Gasteiger partial charge in [-0.1, -0.05) is 24.3 Å². The van der Waals surface area contributed by atoms with E-state index in [0.717, 1.165) is 23.2 Å². The lowest BCUT2D eigenvalue weighted by molar-refractivity contribution is 0.0697. The van der Waals surface area contributed by atoms with Crippen molar-refractivity contribution in [2.75, 3.05) is 5.32 Å². The van der Waals surface area contributed by atoms with Gasteiger partial charge in [0.25, 0.3) is 0 Å². The Morgan fingerprint density at radius 3 is 2.70 bits per heavy atom. The molecule has 3 nitrogen and oxygen atoms in total. The van der Waals surface area contributed by atoms with Crippen LogP contribution in [0.15, 0.2) is 54.6 Å². The Bertz CT molecular complexity index is 798. The Hall–Kier alpha value is -2.62. The molecule has 0 bridgehead atoms. The number of nitrogens with one attached hydrogen (secondary N) is 1. The lowest BCUT2D eigenvalue weighted by Crippen LogP contribution is -2.29. The predicted molar refractivity (Wildman–Crippen MR) is 86.2 cm³/mol. The average molecular weight is 309 g/mol. The molecule has 0 spiro atoms. The number of carbonyl (C=O) groups is 1. The van der Waals surface area contributed by atoms with E-state index in [-0.39, 0.29) is 23.3 Å². The van der Waals surface area contributed by atoms with E-state index in [1.165, 1.54) is 6.07 Å². The molecule has 2 N–H and O–H groups in total. The van der Waals surface area contributed by atoms with Crippen LogP contribution in [0.25, 0.3) is 0 Å². The highest BCUT2D eigenvalue weighted by Crippen LogP contribution is 2.49. The highest BCUT2D eigenvalue weighted by atomic mass is 19.1. The monoisotopic (exact) mass is 309 g/mol. The third-order valence-electron chi connectivity index (χ3n) is 4.84. The summed E-state index contributed by atoms with van der Waals surface area (Å²) in [6.45, 7) is 0. The molecule has 0 amide bonds. The van der Waals surface area contributed by atoms with Crippen LogP contribution in [0.1, 0.15) is 39.9 Å². The van der Waals surface area contributed by atoms with Crippen LogP contribution in [0, 0.1) is 11.7 Å². The third kappa shape index (κ3) is 2.31. The second-order valence-corrected chi connectivity index (χ2v) is 6.13. The van der Waals surface area contributed by atoms with Gasteiger partial charge in [0, 0.05) is 11.6 Å². The van der Waals surface area contributed by atoms with E-state index >= 15 is 0 Å². The predicted octanol–water partition coefficient (Wildman–Crippen LogP) is 4.35. The SMILES string of the molecule is O=C(O)c1ccc([C@@H]2Nc3ccc(F)cc3[C@H]3C=CC[C@H]32)cc1. The Balaban J connectivity index is 1.73. The second-order valence-electron chi connectivity index (χ2n) is 6.13. The third-order valence-corrected chi connectivity index (χ3v) is 4.84. The summed E-state index contributed by atoms with van der Waals surface area (Å²) in [7, 11) is 0. The van der Waals surface area contributed by atoms with Gasteiger partial charge in [0.15, 0.2) is 0 Å². The van der Waals surface area contributed by atoms with E-state index in [1.807, 2.05) is 12.1 Å². The van der Waals surface area contributed by atoms with Crippen LogP contribution in [0.4, 0.5) is 10.1 Å². The minimum atomic E-state index is -0.922. The van der Waals surface area contributed by atoms with Gasteiger partial charge in [0.2, 0.25) is 0 Å². The topological polar surface area (TPSA) is 49.3 Å². The summed E-state index contributed by atoms with van der Waals surface area (Å²) in [5.74, 6) is -0.616. The van der Waals surface area contributed by atoms with Gasteiger partial charge >= 0.3 is 5.97 Å². The number of allylic oxidation sites excluding steroid dienone is 2. The fraction of sp³-hybridized carbons (Fsp3) is 0.211.